The smallest absolute Gasteiger partial charge is 0.129 e. The highest BCUT2D eigenvalue weighted by Crippen LogP contribution is 2.25. The molecule has 1 heterocycles. The molecular formula is C12H10BrI2N3. The first-order chi connectivity index (χ1) is 8.58. The lowest BCUT2D eigenvalue weighted by Crippen LogP contribution is -2.19. The third-order valence-corrected chi connectivity index (χ3v) is 4.50. The van der Waals surface area contributed by atoms with Crippen LogP contribution >= 0.6 is 61.1 Å². The first kappa shape index (κ1) is 14.4. The van der Waals surface area contributed by atoms with Gasteiger partial charge in [-0.3, -0.25) is 0 Å². The molecule has 6 heteroatoms. The second kappa shape index (κ2) is 6.47. The van der Waals surface area contributed by atoms with E-state index in [9.17, 15) is 0 Å². The van der Waals surface area contributed by atoms with Crippen LogP contribution in [0.2, 0.25) is 0 Å². The largest absolute Gasteiger partial charge is 0.366 e. The number of halogens is 3. The summed E-state index contributed by atoms with van der Waals surface area (Å²) in [7, 11) is 2.06. The van der Waals surface area contributed by atoms with Gasteiger partial charge in [0.25, 0.3) is 0 Å². The number of hydrogen-bond donors (Lipinski definition) is 0. The van der Waals surface area contributed by atoms with Crippen molar-refractivity contribution >= 4 is 66.8 Å². The highest BCUT2D eigenvalue weighted by Gasteiger charge is 2.12. The molecule has 0 radical (unpaired) electrons. The van der Waals surface area contributed by atoms with E-state index in [4.69, 9.17) is 0 Å². The monoisotopic (exact) mass is 529 g/mol. The third kappa shape index (κ3) is 3.53. The summed E-state index contributed by atoms with van der Waals surface area (Å²) >= 11 is 7.98. The molecule has 0 bridgehead atoms. The standard InChI is InChI=1S/C12H10BrI2N3/c1-18(6-8-3-2-4-9(13)5-8)10-11(14)16-7-17-12(10)15/h2-5,7H,6H2,1H3. The Morgan fingerprint density at radius 3 is 2.50 bits per heavy atom. The van der Waals surface area contributed by atoms with Gasteiger partial charge in [0.05, 0.1) is 0 Å². The Balaban J connectivity index is 2.25. The van der Waals surface area contributed by atoms with E-state index >= 15 is 0 Å². The third-order valence-electron chi connectivity index (χ3n) is 2.42. The van der Waals surface area contributed by atoms with Gasteiger partial charge in [0.15, 0.2) is 0 Å². The zero-order valence-corrected chi connectivity index (χ0v) is 15.5. The lowest BCUT2D eigenvalue weighted by Gasteiger charge is -2.21. The Hall–Kier alpha value is 0.0400. The van der Waals surface area contributed by atoms with Crippen LogP contribution in [0.5, 0.6) is 0 Å². The highest BCUT2D eigenvalue weighted by molar-refractivity contribution is 14.1. The number of aromatic nitrogens is 2. The van der Waals surface area contributed by atoms with E-state index in [0.29, 0.717) is 0 Å². The number of anilines is 1. The van der Waals surface area contributed by atoms with Crippen LogP contribution in [0, 0.1) is 7.40 Å². The van der Waals surface area contributed by atoms with Gasteiger partial charge in [-0.2, -0.15) is 0 Å². The van der Waals surface area contributed by atoms with Gasteiger partial charge in [0.1, 0.15) is 19.4 Å². The summed E-state index contributed by atoms with van der Waals surface area (Å²) in [4.78, 5) is 10.7. The van der Waals surface area contributed by atoms with Gasteiger partial charge in [-0.15, -0.1) is 0 Å². The Bertz CT molecular complexity index is 543. The fraction of sp³-hybridized carbons (Fsp3) is 0.167. The van der Waals surface area contributed by atoms with Crippen molar-refractivity contribution in [1.82, 2.24) is 9.97 Å². The summed E-state index contributed by atoms with van der Waals surface area (Å²) in [6.45, 7) is 0.832. The second-order valence-electron chi connectivity index (χ2n) is 3.79. The van der Waals surface area contributed by atoms with E-state index in [0.717, 1.165) is 24.1 Å². The first-order valence-electron chi connectivity index (χ1n) is 5.19. The molecule has 94 valence electrons. The summed E-state index contributed by atoms with van der Waals surface area (Å²) in [6.07, 6.45) is 1.60. The molecule has 0 aliphatic heterocycles. The molecule has 0 atom stereocenters. The summed E-state index contributed by atoms with van der Waals surface area (Å²) < 4.78 is 3.05. The quantitative estimate of drug-likeness (QED) is 0.443. The molecule has 0 saturated heterocycles. The SMILES string of the molecule is CN(Cc1cccc(Br)c1)c1c(I)ncnc1I. The van der Waals surface area contributed by atoms with Crippen molar-refractivity contribution < 1.29 is 0 Å². The molecule has 0 fully saturated rings. The molecule has 0 unspecified atom stereocenters. The number of benzene rings is 1. The van der Waals surface area contributed by atoms with E-state index in [-0.39, 0.29) is 0 Å². The van der Waals surface area contributed by atoms with Crippen molar-refractivity contribution in [3.05, 3.63) is 48.0 Å². The molecule has 0 aliphatic carbocycles. The fourth-order valence-corrected chi connectivity index (χ4v) is 4.19. The van der Waals surface area contributed by atoms with E-state index in [1.165, 1.54) is 5.56 Å². The van der Waals surface area contributed by atoms with Crippen molar-refractivity contribution in [2.75, 3.05) is 11.9 Å². The van der Waals surface area contributed by atoms with Gasteiger partial charge in [0.2, 0.25) is 0 Å². The average Bonchev–Trinajstić information content (AvgIpc) is 2.28. The number of rotatable bonds is 3. The Kier molecular flexibility index (Phi) is 5.19. The minimum absolute atomic E-state index is 0.832. The molecule has 3 nitrogen and oxygen atoms in total. The van der Waals surface area contributed by atoms with Gasteiger partial charge < -0.3 is 4.90 Å². The van der Waals surface area contributed by atoms with Crippen LogP contribution in [0.4, 0.5) is 5.69 Å². The van der Waals surface area contributed by atoms with Gasteiger partial charge in [-0.25, -0.2) is 9.97 Å². The van der Waals surface area contributed by atoms with Crippen LogP contribution in [-0.4, -0.2) is 17.0 Å². The van der Waals surface area contributed by atoms with E-state index in [1.54, 1.807) is 6.33 Å². The van der Waals surface area contributed by atoms with E-state index in [2.05, 4.69) is 95.2 Å². The zero-order chi connectivity index (χ0) is 13.1. The topological polar surface area (TPSA) is 29.0 Å². The summed E-state index contributed by atoms with van der Waals surface area (Å²) in [5.74, 6) is 0. The Morgan fingerprint density at radius 2 is 1.89 bits per heavy atom. The lowest BCUT2D eigenvalue weighted by atomic mass is 10.2. The Morgan fingerprint density at radius 1 is 1.22 bits per heavy atom. The molecule has 0 saturated carbocycles. The normalized spacial score (nSPS) is 10.4. The first-order valence-corrected chi connectivity index (χ1v) is 8.14. The maximum absolute atomic E-state index is 4.24. The van der Waals surface area contributed by atoms with Crippen molar-refractivity contribution in [3.8, 4) is 0 Å². The summed E-state index contributed by atoms with van der Waals surface area (Å²) in [5, 5.41) is 0. The van der Waals surface area contributed by atoms with Crippen LogP contribution in [0.3, 0.4) is 0 Å². The average molecular weight is 530 g/mol. The van der Waals surface area contributed by atoms with Crippen LogP contribution in [0.1, 0.15) is 5.56 Å². The molecule has 0 aliphatic rings. The van der Waals surface area contributed by atoms with Crippen molar-refractivity contribution in [2.45, 2.75) is 6.54 Å². The second-order valence-corrected chi connectivity index (χ2v) is 6.75. The maximum Gasteiger partial charge on any atom is 0.129 e. The van der Waals surface area contributed by atoms with Crippen molar-refractivity contribution in [2.24, 2.45) is 0 Å². The zero-order valence-electron chi connectivity index (χ0n) is 9.57. The van der Waals surface area contributed by atoms with Crippen LogP contribution in [0.25, 0.3) is 0 Å². The van der Waals surface area contributed by atoms with E-state index in [1.807, 2.05) is 12.1 Å². The molecule has 0 spiro atoms. The fourth-order valence-electron chi connectivity index (χ4n) is 1.64. The van der Waals surface area contributed by atoms with Gasteiger partial charge in [-0.1, -0.05) is 28.1 Å². The minimum atomic E-state index is 0.832. The van der Waals surface area contributed by atoms with E-state index < -0.39 is 0 Å². The van der Waals surface area contributed by atoms with Crippen molar-refractivity contribution in [3.63, 3.8) is 0 Å². The van der Waals surface area contributed by atoms with Gasteiger partial charge in [-0.05, 0) is 62.9 Å². The predicted molar refractivity (Wildman–Crippen MR) is 93.7 cm³/mol. The van der Waals surface area contributed by atoms with Gasteiger partial charge in [0, 0.05) is 18.1 Å². The summed E-state index contributed by atoms with van der Waals surface area (Å²) in [5.41, 5.74) is 2.33. The number of nitrogens with zero attached hydrogens (tertiary/aromatic N) is 3. The van der Waals surface area contributed by atoms with Crippen LogP contribution in [-0.2, 0) is 6.54 Å². The molecular weight excluding hydrogens is 520 g/mol. The summed E-state index contributed by atoms with van der Waals surface area (Å²) in [6, 6.07) is 8.32. The molecule has 2 rings (SSSR count). The lowest BCUT2D eigenvalue weighted by molar-refractivity contribution is 0.894. The highest BCUT2D eigenvalue weighted by atomic mass is 127. The van der Waals surface area contributed by atoms with Crippen LogP contribution in [0.15, 0.2) is 35.1 Å². The van der Waals surface area contributed by atoms with Gasteiger partial charge >= 0.3 is 0 Å². The molecule has 2 aromatic rings. The molecule has 1 aromatic heterocycles. The Labute approximate surface area is 142 Å². The molecule has 0 N–H and O–H groups in total. The molecule has 0 amide bonds. The van der Waals surface area contributed by atoms with Crippen molar-refractivity contribution in [1.29, 1.82) is 0 Å². The predicted octanol–water partition coefficient (Wildman–Crippen LogP) is 4.08. The number of hydrogen-bond acceptors (Lipinski definition) is 3. The van der Waals surface area contributed by atoms with Crippen LogP contribution < -0.4 is 4.90 Å². The molecule has 18 heavy (non-hydrogen) atoms. The minimum Gasteiger partial charge on any atom is -0.366 e. The molecule has 1 aromatic carbocycles. The maximum atomic E-state index is 4.24.